The maximum Gasteiger partial charge on any atom is 0.435 e. The first kappa shape index (κ1) is 34.2. The van der Waals surface area contributed by atoms with Crippen LogP contribution in [0.15, 0.2) is 64.8 Å². The lowest BCUT2D eigenvalue weighted by Crippen LogP contribution is -2.44. The third-order valence-electron chi connectivity index (χ3n) is 7.04. The Kier molecular flexibility index (Phi) is 9.94. The molecule has 248 valence electrons. The highest BCUT2D eigenvalue weighted by atomic mass is 32.2. The van der Waals surface area contributed by atoms with Gasteiger partial charge in [-0.15, -0.1) is 5.01 Å². The summed E-state index contributed by atoms with van der Waals surface area (Å²) in [5.74, 6) is -2.04. The summed E-state index contributed by atoms with van der Waals surface area (Å²) < 4.78 is 74.5. The van der Waals surface area contributed by atoms with Crippen LogP contribution in [0.1, 0.15) is 44.9 Å². The van der Waals surface area contributed by atoms with E-state index >= 15 is 0 Å². The molecule has 2 heterocycles. The van der Waals surface area contributed by atoms with Gasteiger partial charge in [0.25, 0.3) is 16.8 Å². The average molecular weight is 667 g/mol. The number of amides is 1. The molecule has 0 bridgehead atoms. The van der Waals surface area contributed by atoms with Gasteiger partial charge in [-0.3, -0.25) is 9.59 Å². The second-order valence-electron chi connectivity index (χ2n) is 11.6. The minimum absolute atomic E-state index is 0.0675. The second-order valence-corrected chi connectivity index (χ2v) is 13.3. The number of aryl methyl sites for hydroxylation is 1. The van der Waals surface area contributed by atoms with E-state index in [1.54, 1.807) is 45.0 Å². The quantitative estimate of drug-likeness (QED) is 0.0851. The van der Waals surface area contributed by atoms with E-state index in [1.165, 1.54) is 17.1 Å². The molecule has 3 aromatic rings. The monoisotopic (exact) mass is 666 g/mol. The van der Waals surface area contributed by atoms with Crippen molar-refractivity contribution in [1.29, 1.82) is 0 Å². The number of piperidine rings is 1. The summed E-state index contributed by atoms with van der Waals surface area (Å²) in [4.78, 5) is 29.1. The fourth-order valence-electron chi connectivity index (χ4n) is 4.41. The maximum atomic E-state index is 13.5. The third kappa shape index (κ3) is 8.32. The largest absolute Gasteiger partial charge is 0.569 e. The van der Waals surface area contributed by atoms with Crippen LogP contribution in [-0.2, 0) is 35.4 Å². The smallest absolute Gasteiger partial charge is 0.435 e. The molecule has 1 saturated heterocycles. The Bertz CT molecular complexity index is 1690. The molecular weight excluding hydrogens is 633 g/mol. The Balaban J connectivity index is 1.38. The highest BCUT2D eigenvalue weighted by Crippen LogP contribution is 2.33. The van der Waals surface area contributed by atoms with Gasteiger partial charge in [0, 0.05) is 11.5 Å². The number of hydrogen-bond donors (Lipinski definition) is 1. The van der Waals surface area contributed by atoms with Crippen LogP contribution in [0.4, 0.5) is 13.2 Å². The molecule has 1 fully saturated rings. The first-order valence-corrected chi connectivity index (χ1v) is 15.6. The molecule has 13 nitrogen and oxygen atoms in total. The fourth-order valence-corrected chi connectivity index (χ4v) is 5.45. The highest BCUT2D eigenvalue weighted by molar-refractivity contribution is 7.90. The van der Waals surface area contributed by atoms with Gasteiger partial charge in [-0.25, -0.2) is 17.8 Å². The van der Waals surface area contributed by atoms with E-state index < -0.39 is 51.9 Å². The molecule has 46 heavy (non-hydrogen) atoms. The number of carbonyl (C=O) groups excluding carboxylic acids is 2. The van der Waals surface area contributed by atoms with E-state index in [1.807, 2.05) is 11.6 Å². The van der Waals surface area contributed by atoms with Crippen molar-refractivity contribution in [3.8, 4) is 16.9 Å². The van der Waals surface area contributed by atoms with E-state index in [4.69, 9.17) is 9.57 Å². The van der Waals surface area contributed by atoms with Crippen LogP contribution in [0.25, 0.3) is 16.9 Å². The van der Waals surface area contributed by atoms with Crippen LogP contribution in [-0.4, -0.2) is 59.9 Å². The number of esters is 1. The summed E-state index contributed by atoms with van der Waals surface area (Å²) in [7, 11) is -4.33. The number of halogens is 3. The summed E-state index contributed by atoms with van der Waals surface area (Å²) in [6, 6.07) is 12.6. The SMILES string of the molecule is Cc1ccc(-c2cc(C(F)(F)F)nn2-c2ccc(S(=O)(=O)NC(=O)C3CCN(/[N+]([O-])=N\OCOC(=O)C(C)(C)C)CC3)cc2)cc1. The van der Waals surface area contributed by atoms with Crippen LogP contribution in [0, 0.1) is 23.5 Å². The predicted molar refractivity (Wildman–Crippen MR) is 156 cm³/mol. The number of sulfonamides is 1. The van der Waals surface area contributed by atoms with E-state index in [2.05, 4.69) is 10.4 Å². The molecule has 0 radical (unpaired) electrons. The van der Waals surface area contributed by atoms with Crippen molar-refractivity contribution in [3.05, 3.63) is 71.1 Å². The lowest BCUT2D eigenvalue weighted by Gasteiger charge is -2.27. The Hall–Kier alpha value is -4.67. The minimum Gasteiger partial charge on any atom is -0.569 e. The predicted octanol–water partition coefficient (Wildman–Crippen LogP) is 4.74. The molecule has 1 amide bonds. The molecule has 2 aromatic carbocycles. The summed E-state index contributed by atoms with van der Waals surface area (Å²) in [6.07, 6.45) is -4.43. The van der Waals surface area contributed by atoms with Gasteiger partial charge in [-0.2, -0.15) is 18.3 Å². The summed E-state index contributed by atoms with van der Waals surface area (Å²) in [6.45, 7) is 6.37. The zero-order valence-corrected chi connectivity index (χ0v) is 26.3. The molecule has 1 aliphatic rings. The average Bonchev–Trinajstić information content (AvgIpc) is 3.45. The van der Waals surface area contributed by atoms with Gasteiger partial charge >= 0.3 is 12.1 Å². The number of rotatable bonds is 9. The zero-order chi connectivity index (χ0) is 33.9. The van der Waals surface area contributed by atoms with E-state index in [-0.39, 0.29) is 47.2 Å². The summed E-state index contributed by atoms with van der Waals surface area (Å²) in [5, 5.41) is 20.4. The second kappa shape index (κ2) is 13.4. The molecule has 0 unspecified atom stereocenters. The normalized spacial score (nSPS) is 15.0. The lowest BCUT2D eigenvalue weighted by molar-refractivity contribution is -0.713. The van der Waals surface area contributed by atoms with Gasteiger partial charge in [0.1, 0.15) is 0 Å². The van der Waals surface area contributed by atoms with Crippen molar-refractivity contribution in [2.24, 2.45) is 16.6 Å². The van der Waals surface area contributed by atoms with Crippen LogP contribution in [0.5, 0.6) is 0 Å². The van der Waals surface area contributed by atoms with Gasteiger partial charge in [0.05, 0.1) is 39.8 Å². The van der Waals surface area contributed by atoms with E-state index in [0.717, 1.165) is 28.4 Å². The van der Waals surface area contributed by atoms with Crippen molar-refractivity contribution in [1.82, 2.24) is 19.5 Å². The first-order chi connectivity index (χ1) is 21.5. The van der Waals surface area contributed by atoms with E-state index in [0.29, 0.717) is 5.56 Å². The van der Waals surface area contributed by atoms with Crippen molar-refractivity contribution < 1.29 is 45.7 Å². The van der Waals surface area contributed by atoms with Gasteiger partial charge in [-0.1, -0.05) is 29.8 Å². The Morgan fingerprint density at radius 2 is 1.67 bits per heavy atom. The molecule has 1 N–H and O–H groups in total. The molecule has 4 rings (SSSR count). The number of hydrazine groups is 1. The number of benzene rings is 2. The third-order valence-corrected chi connectivity index (χ3v) is 8.40. The fraction of sp³-hybridized carbons (Fsp3) is 0.414. The van der Waals surface area contributed by atoms with Crippen molar-refractivity contribution in [3.63, 3.8) is 0 Å². The van der Waals surface area contributed by atoms with Gasteiger partial charge in [0.2, 0.25) is 11.2 Å². The molecule has 0 saturated carbocycles. The van der Waals surface area contributed by atoms with Crippen molar-refractivity contribution >= 4 is 21.9 Å². The Labute approximate surface area is 263 Å². The van der Waals surface area contributed by atoms with Gasteiger partial charge < -0.3 is 14.8 Å². The minimum atomic E-state index is -4.70. The number of aromatic nitrogens is 2. The van der Waals surface area contributed by atoms with Gasteiger partial charge in [0.15, 0.2) is 5.69 Å². The maximum absolute atomic E-state index is 13.5. The molecule has 0 aliphatic carbocycles. The summed E-state index contributed by atoms with van der Waals surface area (Å²) in [5.41, 5.74) is -0.142. The molecule has 1 aromatic heterocycles. The van der Waals surface area contributed by atoms with Crippen molar-refractivity contribution in [2.45, 2.75) is 51.6 Å². The molecule has 17 heteroatoms. The number of alkyl halides is 3. The number of ether oxygens (including phenoxy) is 1. The Morgan fingerprint density at radius 3 is 2.24 bits per heavy atom. The molecule has 0 spiro atoms. The summed E-state index contributed by atoms with van der Waals surface area (Å²) >= 11 is 0. The zero-order valence-electron chi connectivity index (χ0n) is 25.4. The van der Waals surface area contributed by atoms with Crippen LogP contribution >= 0.6 is 0 Å². The highest BCUT2D eigenvalue weighted by Gasteiger charge is 2.36. The molecule has 1 aliphatic heterocycles. The van der Waals surface area contributed by atoms with Crippen LogP contribution in [0.3, 0.4) is 0 Å². The van der Waals surface area contributed by atoms with Gasteiger partial charge in [-0.05, 0) is 70.9 Å². The number of nitrogens with one attached hydrogen (secondary N) is 1. The Morgan fingerprint density at radius 1 is 1.07 bits per heavy atom. The van der Waals surface area contributed by atoms with Crippen LogP contribution in [0.2, 0.25) is 0 Å². The topological polar surface area (TPSA) is 158 Å². The molecular formula is C29H33F3N6O7S. The number of carbonyl (C=O) groups is 2. The number of nitrogens with zero attached hydrogens (tertiary/aromatic N) is 5. The lowest BCUT2D eigenvalue weighted by atomic mass is 9.97. The van der Waals surface area contributed by atoms with Crippen LogP contribution < -0.4 is 4.72 Å². The number of hydrogen-bond acceptors (Lipinski definition) is 9. The van der Waals surface area contributed by atoms with E-state index in [9.17, 15) is 36.4 Å². The standard InChI is InChI=1S/C29H33F3N6O7S/c1-19-5-7-20(8-6-19)24-17-25(29(30,31)32)33-37(24)22-9-11-23(12-10-22)46(42,43)34-26(39)21-13-15-36(16-14-21)38(41)35-45-18-44-27(40)28(2,3)4/h5-12,17,21H,13-16,18H2,1-4H3,(H,34,39)/b38-35+. The molecule has 0 atom stereocenters. The first-order valence-electron chi connectivity index (χ1n) is 14.1. The van der Waals surface area contributed by atoms with Crippen molar-refractivity contribution in [2.75, 3.05) is 19.9 Å².